The number of anilines is 1. The number of nitrogens with one attached hydrogen (secondary N) is 1. The third-order valence-electron chi connectivity index (χ3n) is 3.44. The Kier molecular flexibility index (Phi) is 3.95. The summed E-state index contributed by atoms with van der Waals surface area (Å²) in [6.45, 7) is 0. The van der Waals surface area contributed by atoms with E-state index in [0.29, 0.717) is 24.0 Å². The Balaban J connectivity index is 1.97. The van der Waals surface area contributed by atoms with E-state index in [4.69, 9.17) is 0 Å². The van der Waals surface area contributed by atoms with Crippen LogP contribution in [0.15, 0.2) is 45.3 Å². The Morgan fingerprint density at radius 2 is 1.86 bits per heavy atom. The van der Waals surface area contributed by atoms with Crippen molar-refractivity contribution >= 4 is 49.2 Å². The number of carbonyl (C=O) groups is 2. The molecule has 0 radical (unpaired) electrons. The fraction of sp³-hybridized carbons (Fsp3) is 0.125. The molecule has 3 nitrogen and oxygen atoms in total. The summed E-state index contributed by atoms with van der Waals surface area (Å²) in [5.74, 6) is -0.00805. The second-order valence-corrected chi connectivity index (χ2v) is 6.64. The van der Waals surface area contributed by atoms with Gasteiger partial charge in [0, 0.05) is 32.2 Å². The molecule has 1 amide bonds. The molecule has 0 saturated heterocycles. The monoisotopic (exact) mass is 407 g/mol. The van der Waals surface area contributed by atoms with E-state index in [9.17, 15) is 9.59 Å². The van der Waals surface area contributed by atoms with Crippen molar-refractivity contribution in [1.82, 2.24) is 0 Å². The van der Waals surface area contributed by atoms with Gasteiger partial charge in [-0.1, -0.05) is 15.9 Å². The van der Waals surface area contributed by atoms with Crippen LogP contribution < -0.4 is 5.32 Å². The Morgan fingerprint density at radius 1 is 1.05 bits per heavy atom. The minimum Gasteiger partial charge on any atom is -0.326 e. The molecule has 2 aromatic carbocycles. The second kappa shape index (κ2) is 5.73. The van der Waals surface area contributed by atoms with Crippen LogP contribution in [-0.4, -0.2) is 11.7 Å². The van der Waals surface area contributed by atoms with Crippen molar-refractivity contribution in [1.29, 1.82) is 0 Å². The molecule has 1 heterocycles. The molecule has 1 aliphatic rings. The van der Waals surface area contributed by atoms with Crippen LogP contribution in [0.3, 0.4) is 0 Å². The summed E-state index contributed by atoms with van der Waals surface area (Å²) in [7, 11) is 0. The highest BCUT2D eigenvalue weighted by Crippen LogP contribution is 2.27. The quantitative estimate of drug-likeness (QED) is 0.751. The van der Waals surface area contributed by atoms with Crippen LogP contribution in [0.4, 0.5) is 5.69 Å². The lowest BCUT2D eigenvalue weighted by atomic mass is 9.96. The lowest BCUT2D eigenvalue weighted by molar-refractivity contribution is -0.116. The van der Waals surface area contributed by atoms with E-state index >= 15 is 0 Å². The first kappa shape index (κ1) is 14.5. The molecule has 0 bridgehead atoms. The van der Waals surface area contributed by atoms with Gasteiger partial charge in [-0.2, -0.15) is 0 Å². The third-order valence-corrected chi connectivity index (χ3v) is 4.59. The molecular weight excluding hydrogens is 398 g/mol. The van der Waals surface area contributed by atoms with Gasteiger partial charge in [-0.25, -0.2) is 0 Å². The fourth-order valence-electron chi connectivity index (χ4n) is 2.35. The Hall–Kier alpha value is -1.46. The number of halogens is 2. The Labute approximate surface area is 139 Å². The fourth-order valence-corrected chi connectivity index (χ4v) is 3.58. The molecule has 0 aromatic heterocycles. The Morgan fingerprint density at radius 3 is 2.62 bits per heavy atom. The molecular formula is C16H11Br2NO2. The minimum absolute atomic E-state index is 0.0252. The molecule has 0 saturated carbocycles. The number of amides is 1. The maximum absolute atomic E-state index is 12.6. The van der Waals surface area contributed by atoms with Crippen LogP contribution in [0.1, 0.15) is 27.9 Å². The van der Waals surface area contributed by atoms with Gasteiger partial charge in [0.2, 0.25) is 5.91 Å². The van der Waals surface area contributed by atoms with Crippen LogP contribution in [0.25, 0.3) is 0 Å². The highest BCUT2D eigenvalue weighted by Gasteiger charge is 2.18. The topological polar surface area (TPSA) is 46.2 Å². The standard InChI is InChI=1S/C16H11Br2NO2/c17-11-3-4-12(13(18)8-11)16(21)10-1-5-14-9(7-10)2-6-15(20)19-14/h1,3-5,7-8H,2,6H2,(H,19,20). The first-order chi connectivity index (χ1) is 10.0. The first-order valence-corrected chi connectivity index (χ1v) is 8.06. The van der Waals surface area contributed by atoms with E-state index in [1.54, 1.807) is 18.2 Å². The van der Waals surface area contributed by atoms with E-state index in [2.05, 4.69) is 37.2 Å². The number of benzene rings is 2. The number of aryl methyl sites for hydroxylation is 1. The summed E-state index contributed by atoms with van der Waals surface area (Å²) in [6, 6.07) is 10.9. The zero-order chi connectivity index (χ0) is 15.0. The number of hydrogen-bond acceptors (Lipinski definition) is 2. The lowest BCUT2D eigenvalue weighted by Crippen LogP contribution is -2.19. The van der Waals surface area contributed by atoms with Gasteiger partial charge in [0.15, 0.2) is 5.78 Å². The van der Waals surface area contributed by atoms with Gasteiger partial charge < -0.3 is 5.32 Å². The van der Waals surface area contributed by atoms with Gasteiger partial charge in [-0.05, 0) is 64.3 Å². The number of carbonyl (C=O) groups excluding carboxylic acids is 2. The van der Waals surface area contributed by atoms with Crippen LogP contribution in [0, 0.1) is 0 Å². The average molecular weight is 409 g/mol. The maximum atomic E-state index is 12.6. The summed E-state index contributed by atoms with van der Waals surface area (Å²) in [5, 5.41) is 2.82. The van der Waals surface area contributed by atoms with E-state index in [0.717, 1.165) is 20.2 Å². The molecule has 2 aromatic rings. The summed E-state index contributed by atoms with van der Waals surface area (Å²) in [6.07, 6.45) is 1.14. The first-order valence-electron chi connectivity index (χ1n) is 6.47. The molecule has 1 N–H and O–H groups in total. The van der Waals surface area contributed by atoms with Crippen molar-refractivity contribution in [3.8, 4) is 0 Å². The molecule has 21 heavy (non-hydrogen) atoms. The van der Waals surface area contributed by atoms with Gasteiger partial charge in [0.25, 0.3) is 0 Å². The van der Waals surface area contributed by atoms with Gasteiger partial charge >= 0.3 is 0 Å². The molecule has 106 valence electrons. The average Bonchev–Trinajstić information content (AvgIpc) is 2.46. The zero-order valence-electron chi connectivity index (χ0n) is 11.0. The van der Waals surface area contributed by atoms with Crippen LogP contribution >= 0.6 is 31.9 Å². The largest absolute Gasteiger partial charge is 0.326 e. The van der Waals surface area contributed by atoms with E-state index in [1.807, 2.05) is 18.2 Å². The van der Waals surface area contributed by atoms with Crippen molar-refractivity contribution in [3.05, 3.63) is 62.0 Å². The lowest BCUT2D eigenvalue weighted by Gasteiger charge is -2.17. The van der Waals surface area contributed by atoms with Gasteiger partial charge in [-0.3, -0.25) is 9.59 Å². The predicted octanol–water partition coefficient (Wildman–Crippen LogP) is 4.33. The predicted molar refractivity (Wildman–Crippen MR) is 88.7 cm³/mol. The number of rotatable bonds is 2. The minimum atomic E-state index is -0.0333. The van der Waals surface area contributed by atoms with Gasteiger partial charge in [0.05, 0.1) is 0 Å². The van der Waals surface area contributed by atoms with E-state index < -0.39 is 0 Å². The molecule has 0 fully saturated rings. The van der Waals surface area contributed by atoms with Crippen LogP contribution in [0.2, 0.25) is 0 Å². The smallest absolute Gasteiger partial charge is 0.224 e. The normalized spacial score (nSPS) is 13.5. The highest BCUT2D eigenvalue weighted by molar-refractivity contribution is 9.11. The zero-order valence-corrected chi connectivity index (χ0v) is 14.1. The van der Waals surface area contributed by atoms with Gasteiger partial charge in [0.1, 0.15) is 0 Å². The van der Waals surface area contributed by atoms with E-state index in [-0.39, 0.29) is 11.7 Å². The molecule has 3 rings (SSSR count). The third kappa shape index (κ3) is 2.94. The van der Waals surface area contributed by atoms with Crippen molar-refractivity contribution in [2.45, 2.75) is 12.8 Å². The summed E-state index contributed by atoms with van der Waals surface area (Å²) in [5.41, 5.74) is 3.07. The summed E-state index contributed by atoms with van der Waals surface area (Å²) >= 11 is 6.79. The van der Waals surface area contributed by atoms with Crippen LogP contribution in [-0.2, 0) is 11.2 Å². The summed E-state index contributed by atoms with van der Waals surface area (Å²) in [4.78, 5) is 23.9. The second-order valence-electron chi connectivity index (χ2n) is 4.87. The van der Waals surface area contributed by atoms with Crippen molar-refractivity contribution in [2.24, 2.45) is 0 Å². The molecule has 0 atom stereocenters. The van der Waals surface area contributed by atoms with E-state index in [1.165, 1.54) is 0 Å². The highest BCUT2D eigenvalue weighted by atomic mass is 79.9. The summed E-state index contributed by atoms with van der Waals surface area (Å²) < 4.78 is 1.67. The maximum Gasteiger partial charge on any atom is 0.224 e. The number of hydrogen-bond donors (Lipinski definition) is 1. The molecule has 0 spiro atoms. The Bertz CT molecular complexity index is 756. The number of fused-ring (bicyclic) bond motifs is 1. The van der Waals surface area contributed by atoms with Crippen molar-refractivity contribution in [2.75, 3.05) is 5.32 Å². The SMILES string of the molecule is O=C1CCc2cc(C(=O)c3ccc(Br)cc3Br)ccc2N1. The molecule has 5 heteroatoms. The molecule has 1 aliphatic heterocycles. The van der Waals surface area contributed by atoms with Gasteiger partial charge in [-0.15, -0.1) is 0 Å². The van der Waals surface area contributed by atoms with Crippen molar-refractivity contribution in [3.63, 3.8) is 0 Å². The molecule has 0 aliphatic carbocycles. The number of ketones is 1. The van der Waals surface area contributed by atoms with Crippen LogP contribution in [0.5, 0.6) is 0 Å². The van der Waals surface area contributed by atoms with Crippen molar-refractivity contribution < 1.29 is 9.59 Å². The molecule has 0 unspecified atom stereocenters.